The van der Waals surface area contributed by atoms with E-state index in [4.69, 9.17) is 32.5 Å². The number of hydrogen-bond acceptors (Lipinski definition) is 5. The first-order valence-electron chi connectivity index (χ1n) is 7.78. The molecule has 136 valence electrons. The number of thiophene rings is 1. The van der Waals surface area contributed by atoms with Crippen molar-refractivity contribution in [3.63, 3.8) is 0 Å². The Morgan fingerprint density at radius 1 is 1.31 bits per heavy atom. The Balaban J connectivity index is 1.80. The van der Waals surface area contributed by atoms with Gasteiger partial charge in [-0.25, -0.2) is 0 Å². The van der Waals surface area contributed by atoms with E-state index in [9.17, 15) is 4.79 Å². The Morgan fingerprint density at radius 2 is 2.08 bits per heavy atom. The molecule has 1 amide bonds. The zero-order valence-corrected chi connectivity index (χ0v) is 16.4. The zero-order valence-electron chi connectivity index (χ0n) is 14.1. The van der Waals surface area contributed by atoms with E-state index in [0.717, 1.165) is 4.88 Å². The number of rotatable bonds is 6. The lowest BCUT2D eigenvalue weighted by Crippen LogP contribution is -2.29. The number of hydrogen-bond donors (Lipinski definition) is 1. The molecule has 0 bridgehead atoms. The second-order valence-corrected chi connectivity index (χ2v) is 7.67. The van der Waals surface area contributed by atoms with E-state index in [1.807, 2.05) is 18.2 Å². The Kier molecular flexibility index (Phi) is 5.98. The second kappa shape index (κ2) is 8.22. The van der Waals surface area contributed by atoms with Gasteiger partial charge >= 0.3 is 0 Å². The standard InChI is InChI=1S/C18H16Cl2N2O3S/c1-10-16(17(22-25-10)11-5-3-4-6-12(11)19)18(23)21-9-13(24-2)14-7-8-15(20)26-14/h3-8,13H,9H2,1-2H3,(H,21,23)/t13-/m1/s1. The number of nitrogens with zero attached hydrogens (tertiary/aromatic N) is 1. The summed E-state index contributed by atoms with van der Waals surface area (Å²) >= 11 is 13.6. The minimum Gasteiger partial charge on any atom is -0.374 e. The molecule has 2 aromatic heterocycles. The summed E-state index contributed by atoms with van der Waals surface area (Å²) < 4.78 is 11.4. The van der Waals surface area contributed by atoms with Crippen molar-refractivity contribution in [2.24, 2.45) is 0 Å². The fourth-order valence-corrected chi connectivity index (χ4v) is 3.92. The number of amides is 1. The van der Waals surface area contributed by atoms with Crippen LogP contribution < -0.4 is 5.32 Å². The molecule has 0 saturated heterocycles. The molecule has 0 aliphatic carbocycles. The van der Waals surface area contributed by atoms with E-state index in [1.165, 1.54) is 11.3 Å². The van der Waals surface area contributed by atoms with Crippen LogP contribution in [0.3, 0.4) is 0 Å². The Labute approximate surface area is 164 Å². The number of carbonyl (C=O) groups is 1. The van der Waals surface area contributed by atoms with Gasteiger partial charge in [0.25, 0.3) is 5.91 Å². The molecule has 5 nitrogen and oxygen atoms in total. The highest BCUT2D eigenvalue weighted by Gasteiger charge is 2.24. The van der Waals surface area contributed by atoms with Gasteiger partial charge in [-0.15, -0.1) is 11.3 Å². The van der Waals surface area contributed by atoms with Crippen LogP contribution in [0.5, 0.6) is 0 Å². The fourth-order valence-electron chi connectivity index (χ4n) is 2.55. The average molecular weight is 411 g/mol. The summed E-state index contributed by atoms with van der Waals surface area (Å²) in [6, 6.07) is 10.9. The summed E-state index contributed by atoms with van der Waals surface area (Å²) in [6.07, 6.45) is -0.291. The second-order valence-electron chi connectivity index (χ2n) is 5.52. The van der Waals surface area contributed by atoms with Gasteiger partial charge in [0.1, 0.15) is 23.1 Å². The summed E-state index contributed by atoms with van der Waals surface area (Å²) in [7, 11) is 1.59. The molecule has 0 unspecified atom stereocenters. The van der Waals surface area contributed by atoms with Gasteiger partial charge < -0.3 is 14.6 Å². The van der Waals surface area contributed by atoms with Crippen LogP contribution in [-0.2, 0) is 4.74 Å². The van der Waals surface area contributed by atoms with Gasteiger partial charge in [0, 0.05) is 24.1 Å². The van der Waals surface area contributed by atoms with E-state index >= 15 is 0 Å². The van der Waals surface area contributed by atoms with Crippen molar-refractivity contribution in [2.45, 2.75) is 13.0 Å². The maximum Gasteiger partial charge on any atom is 0.257 e. The van der Waals surface area contributed by atoms with Gasteiger partial charge in [-0.05, 0) is 25.1 Å². The first-order chi connectivity index (χ1) is 12.5. The minimum atomic E-state index is -0.302. The molecule has 0 aliphatic rings. The molecule has 3 aromatic rings. The third-order valence-corrected chi connectivity index (χ3v) is 5.52. The molecule has 3 rings (SSSR count). The van der Waals surface area contributed by atoms with Crippen molar-refractivity contribution in [1.82, 2.24) is 10.5 Å². The lowest BCUT2D eigenvalue weighted by atomic mass is 10.1. The van der Waals surface area contributed by atoms with Crippen LogP contribution in [0.2, 0.25) is 9.36 Å². The molecule has 1 N–H and O–H groups in total. The zero-order chi connectivity index (χ0) is 18.7. The first-order valence-corrected chi connectivity index (χ1v) is 9.36. The summed E-state index contributed by atoms with van der Waals surface area (Å²) in [5, 5.41) is 7.38. The summed E-state index contributed by atoms with van der Waals surface area (Å²) in [4.78, 5) is 13.7. The number of methoxy groups -OCH3 is 1. The summed E-state index contributed by atoms with van der Waals surface area (Å²) in [5.74, 6) is 0.119. The summed E-state index contributed by atoms with van der Waals surface area (Å²) in [5.41, 5.74) is 1.42. The predicted octanol–water partition coefficient (Wildman–Crippen LogP) is 5.14. The van der Waals surface area contributed by atoms with Crippen LogP contribution in [0.4, 0.5) is 0 Å². The van der Waals surface area contributed by atoms with Gasteiger partial charge in [-0.1, -0.05) is 46.6 Å². The molecular formula is C18H16Cl2N2O3S. The normalized spacial score (nSPS) is 12.2. The third kappa shape index (κ3) is 3.94. The largest absolute Gasteiger partial charge is 0.374 e. The van der Waals surface area contributed by atoms with Crippen molar-refractivity contribution >= 4 is 40.4 Å². The number of benzene rings is 1. The molecule has 0 aliphatic heterocycles. The van der Waals surface area contributed by atoms with Gasteiger partial charge in [-0.2, -0.15) is 0 Å². The fraction of sp³-hybridized carbons (Fsp3) is 0.222. The Bertz CT molecular complexity index is 923. The number of halogens is 2. The SMILES string of the molecule is CO[C@H](CNC(=O)c1c(-c2ccccc2Cl)noc1C)c1ccc(Cl)s1. The minimum absolute atomic E-state index is 0.290. The smallest absolute Gasteiger partial charge is 0.257 e. The molecule has 0 saturated carbocycles. The lowest BCUT2D eigenvalue weighted by molar-refractivity contribution is 0.0837. The number of aryl methyl sites for hydroxylation is 1. The summed E-state index contributed by atoms with van der Waals surface area (Å²) in [6.45, 7) is 1.98. The highest BCUT2D eigenvalue weighted by molar-refractivity contribution is 7.16. The van der Waals surface area contributed by atoms with E-state index in [-0.39, 0.29) is 12.0 Å². The maximum atomic E-state index is 12.8. The molecule has 2 heterocycles. The number of aromatic nitrogens is 1. The molecule has 1 atom stereocenters. The van der Waals surface area contributed by atoms with Gasteiger partial charge in [0.15, 0.2) is 0 Å². The van der Waals surface area contributed by atoms with E-state index in [1.54, 1.807) is 32.2 Å². The number of nitrogens with one attached hydrogen (secondary N) is 1. The lowest BCUT2D eigenvalue weighted by Gasteiger charge is -2.14. The molecule has 0 fully saturated rings. The van der Waals surface area contributed by atoms with Crippen LogP contribution in [-0.4, -0.2) is 24.7 Å². The van der Waals surface area contributed by atoms with Crippen LogP contribution in [0.15, 0.2) is 40.9 Å². The van der Waals surface area contributed by atoms with Gasteiger partial charge in [0.2, 0.25) is 0 Å². The molecule has 0 spiro atoms. The third-order valence-electron chi connectivity index (χ3n) is 3.86. The molecule has 0 radical (unpaired) electrons. The maximum absolute atomic E-state index is 12.8. The first kappa shape index (κ1) is 18.9. The van der Waals surface area contributed by atoms with Crippen LogP contribution in [0, 0.1) is 6.92 Å². The van der Waals surface area contributed by atoms with Crippen molar-refractivity contribution < 1.29 is 14.1 Å². The quantitative estimate of drug-likeness (QED) is 0.610. The average Bonchev–Trinajstić information content (AvgIpc) is 3.22. The monoisotopic (exact) mass is 410 g/mol. The van der Waals surface area contributed by atoms with Crippen LogP contribution in [0.25, 0.3) is 11.3 Å². The van der Waals surface area contributed by atoms with E-state index in [0.29, 0.717) is 38.5 Å². The van der Waals surface area contributed by atoms with Crippen molar-refractivity contribution in [3.05, 3.63) is 62.0 Å². The molecular weight excluding hydrogens is 395 g/mol. The van der Waals surface area contributed by atoms with Crippen LogP contribution in [0.1, 0.15) is 27.1 Å². The van der Waals surface area contributed by atoms with Crippen LogP contribution >= 0.6 is 34.5 Å². The highest BCUT2D eigenvalue weighted by atomic mass is 35.5. The molecule has 1 aromatic carbocycles. The topological polar surface area (TPSA) is 64.4 Å². The van der Waals surface area contributed by atoms with Crippen molar-refractivity contribution in [2.75, 3.05) is 13.7 Å². The molecule has 26 heavy (non-hydrogen) atoms. The van der Waals surface area contributed by atoms with E-state index in [2.05, 4.69) is 10.5 Å². The molecule has 8 heteroatoms. The number of ether oxygens (including phenoxy) is 1. The number of carbonyl (C=O) groups excluding carboxylic acids is 1. The van der Waals surface area contributed by atoms with E-state index < -0.39 is 0 Å². The predicted molar refractivity (Wildman–Crippen MR) is 103 cm³/mol. The van der Waals surface area contributed by atoms with Crippen molar-refractivity contribution in [1.29, 1.82) is 0 Å². The van der Waals surface area contributed by atoms with Gasteiger partial charge in [0.05, 0.1) is 9.36 Å². The van der Waals surface area contributed by atoms with Crippen molar-refractivity contribution in [3.8, 4) is 11.3 Å². The van der Waals surface area contributed by atoms with Gasteiger partial charge in [-0.3, -0.25) is 4.79 Å². The Morgan fingerprint density at radius 3 is 2.73 bits per heavy atom. The highest BCUT2D eigenvalue weighted by Crippen LogP contribution is 2.31. The Hall–Kier alpha value is -1.86.